The lowest BCUT2D eigenvalue weighted by Gasteiger charge is -2.55. The molecule has 1 aromatic carbocycles. The zero-order valence-corrected chi connectivity index (χ0v) is 18.7. The molecule has 1 aliphatic carbocycles. The van der Waals surface area contributed by atoms with Crippen molar-refractivity contribution >= 4 is 23.6 Å². The zero-order chi connectivity index (χ0) is 22.5. The summed E-state index contributed by atoms with van der Waals surface area (Å²) in [5, 5.41) is 0. The maximum absolute atomic E-state index is 15.0. The highest BCUT2D eigenvalue weighted by atomic mass is 19.1. The van der Waals surface area contributed by atoms with E-state index in [4.69, 9.17) is 14.2 Å². The van der Waals surface area contributed by atoms with E-state index in [1.54, 1.807) is 12.1 Å². The lowest BCUT2D eigenvalue weighted by molar-refractivity contribution is -0.220. The molecule has 4 bridgehead atoms. The molecule has 0 radical (unpaired) electrons. The second-order valence-corrected chi connectivity index (χ2v) is 9.93. The van der Waals surface area contributed by atoms with Gasteiger partial charge in [0.25, 0.3) is 0 Å². The summed E-state index contributed by atoms with van der Waals surface area (Å²) in [5.41, 5.74) is 0.957. The third kappa shape index (κ3) is 3.90. The molecule has 8 nitrogen and oxygen atoms in total. The zero-order valence-electron chi connectivity index (χ0n) is 18.7. The summed E-state index contributed by atoms with van der Waals surface area (Å²) in [6, 6.07) is 5.05. The van der Waals surface area contributed by atoms with Gasteiger partial charge in [0.05, 0.1) is 30.6 Å². The molecule has 33 heavy (non-hydrogen) atoms. The Balaban J connectivity index is 1.11. The number of hydrogen-bond acceptors (Lipinski definition) is 6. The Labute approximate surface area is 192 Å². The first-order valence-corrected chi connectivity index (χ1v) is 12.2. The van der Waals surface area contributed by atoms with E-state index < -0.39 is 11.9 Å². The first kappa shape index (κ1) is 21.0. The van der Waals surface area contributed by atoms with Crippen LogP contribution in [0.1, 0.15) is 44.9 Å². The molecule has 0 spiro atoms. The fraction of sp³-hybridized carbons (Fsp3) is 0.667. The van der Waals surface area contributed by atoms with Crippen LogP contribution in [-0.2, 0) is 14.2 Å². The summed E-state index contributed by atoms with van der Waals surface area (Å²) in [6.45, 7) is 2.06. The normalized spacial score (nSPS) is 33.3. The number of benzene rings is 1. The highest BCUT2D eigenvalue weighted by Crippen LogP contribution is 2.45. The number of ether oxygens (including phenoxy) is 3. The number of carbonyl (C=O) groups is 2. The summed E-state index contributed by atoms with van der Waals surface area (Å²) in [4.78, 5) is 30.2. The summed E-state index contributed by atoms with van der Waals surface area (Å²) < 4.78 is 32.1. The van der Waals surface area contributed by atoms with Gasteiger partial charge in [-0.25, -0.2) is 14.0 Å². The molecule has 5 unspecified atom stereocenters. The Bertz CT molecular complexity index is 915. The van der Waals surface area contributed by atoms with Crippen LogP contribution in [0, 0.1) is 11.7 Å². The summed E-state index contributed by atoms with van der Waals surface area (Å²) >= 11 is 0. The van der Waals surface area contributed by atoms with Crippen molar-refractivity contribution in [1.82, 2.24) is 4.90 Å². The van der Waals surface area contributed by atoms with Gasteiger partial charge in [-0.15, -0.1) is 0 Å². The molecule has 9 heteroatoms. The van der Waals surface area contributed by atoms with Gasteiger partial charge < -0.3 is 19.1 Å². The van der Waals surface area contributed by atoms with Crippen LogP contribution in [0.5, 0.6) is 0 Å². The standard InChI is InChI=1S/C24H30FN3O5/c25-20-13-16(27-7-2-8-31-23(27)29)4-5-21(20)26-6-1-3-18(14-26)33-24(30)28-17-9-15-10-19(12-17)32-22(28)11-15/h4-5,13,15,17-19,22H,1-3,6-12,14H2. The average molecular weight is 460 g/mol. The largest absolute Gasteiger partial charge is 0.449 e. The van der Waals surface area contributed by atoms with Crippen molar-refractivity contribution < 1.29 is 28.2 Å². The third-order valence-electron chi connectivity index (χ3n) is 7.74. The smallest absolute Gasteiger partial charge is 0.414 e. The van der Waals surface area contributed by atoms with Crippen LogP contribution in [0.15, 0.2) is 18.2 Å². The summed E-state index contributed by atoms with van der Waals surface area (Å²) in [7, 11) is 0. The SMILES string of the molecule is O=C1OCCCN1c1ccc(N2CCCC(OC(=O)N3C4CC5CC(C4)OC3C5)C2)c(F)c1. The van der Waals surface area contributed by atoms with E-state index in [0.29, 0.717) is 49.6 Å². The predicted octanol–water partition coefficient (Wildman–Crippen LogP) is 3.88. The van der Waals surface area contributed by atoms with E-state index in [9.17, 15) is 9.59 Å². The molecule has 5 aliphatic heterocycles. The first-order valence-electron chi connectivity index (χ1n) is 12.2. The third-order valence-corrected chi connectivity index (χ3v) is 7.74. The minimum absolute atomic E-state index is 0.153. The number of carbonyl (C=O) groups excluding carboxylic acids is 2. The molecular formula is C24H30FN3O5. The summed E-state index contributed by atoms with van der Waals surface area (Å²) in [6.07, 6.45) is 5.38. The lowest BCUT2D eigenvalue weighted by Crippen LogP contribution is -2.63. The van der Waals surface area contributed by atoms with Gasteiger partial charge in [0, 0.05) is 19.1 Å². The van der Waals surface area contributed by atoms with E-state index >= 15 is 4.39 Å². The molecule has 178 valence electrons. The van der Waals surface area contributed by atoms with Crippen LogP contribution >= 0.6 is 0 Å². The topological polar surface area (TPSA) is 71.6 Å². The van der Waals surface area contributed by atoms with Gasteiger partial charge in [-0.1, -0.05) is 0 Å². The number of piperidine rings is 2. The summed E-state index contributed by atoms with van der Waals surface area (Å²) in [5.74, 6) is 0.274. The van der Waals surface area contributed by atoms with E-state index in [1.807, 2.05) is 9.80 Å². The Morgan fingerprint density at radius 3 is 2.82 bits per heavy atom. The van der Waals surface area contributed by atoms with Crippen molar-refractivity contribution in [2.75, 3.05) is 36.0 Å². The monoisotopic (exact) mass is 459 g/mol. The fourth-order valence-electron chi connectivity index (χ4n) is 6.29. The van der Waals surface area contributed by atoms with Crippen molar-refractivity contribution in [3.8, 4) is 0 Å². The molecule has 5 heterocycles. The highest BCUT2D eigenvalue weighted by Gasteiger charge is 2.50. The molecule has 5 atom stereocenters. The number of amides is 2. The molecule has 6 fully saturated rings. The molecule has 5 saturated heterocycles. The highest BCUT2D eigenvalue weighted by molar-refractivity contribution is 5.88. The number of rotatable bonds is 3. The molecule has 7 rings (SSSR count). The Kier molecular flexibility index (Phi) is 5.31. The Morgan fingerprint density at radius 1 is 1.12 bits per heavy atom. The van der Waals surface area contributed by atoms with Crippen molar-refractivity contribution in [2.24, 2.45) is 5.92 Å². The van der Waals surface area contributed by atoms with Crippen molar-refractivity contribution in [2.45, 2.75) is 69.4 Å². The quantitative estimate of drug-likeness (QED) is 0.683. The van der Waals surface area contributed by atoms with Crippen LogP contribution in [0.3, 0.4) is 0 Å². The maximum Gasteiger partial charge on any atom is 0.414 e. The molecule has 1 saturated carbocycles. The van der Waals surface area contributed by atoms with Crippen LogP contribution in [-0.4, -0.2) is 67.8 Å². The van der Waals surface area contributed by atoms with E-state index in [1.165, 1.54) is 11.0 Å². The average Bonchev–Trinajstić information content (AvgIpc) is 2.79. The van der Waals surface area contributed by atoms with Gasteiger partial charge in [0.1, 0.15) is 18.1 Å². The minimum atomic E-state index is -0.442. The van der Waals surface area contributed by atoms with Crippen LogP contribution in [0.4, 0.5) is 25.4 Å². The van der Waals surface area contributed by atoms with Crippen molar-refractivity contribution in [3.63, 3.8) is 0 Å². The lowest BCUT2D eigenvalue weighted by atomic mass is 9.75. The van der Waals surface area contributed by atoms with E-state index in [-0.39, 0.29) is 24.5 Å². The molecule has 0 N–H and O–H groups in total. The number of anilines is 2. The van der Waals surface area contributed by atoms with Crippen LogP contribution in [0.2, 0.25) is 0 Å². The van der Waals surface area contributed by atoms with Gasteiger partial charge >= 0.3 is 12.2 Å². The number of hydrogen-bond donors (Lipinski definition) is 0. The molecular weight excluding hydrogens is 429 g/mol. The Morgan fingerprint density at radius 2 is 2.03 bits per heavy atom. The van der Waals surface area contributed by atoms with Gasteiger partial charge in [-0.2, -0.15) is 0 Å². The van der Waals surface area contributed by atoms with Gasteiger partial charge in [0.2, 0.25) is 0 Å². The van der Waals surface area contributed by atoms with E-state index in [0.717, 1.165) is 44.9 Å². The maximum atomic E-state index is 15.0. The second-order valence-electron chi connectivity index (χ2n) is 9.93. The van der Waals surface area contributed by atoms with Gasteiger partial charge in [0.15, 0.2) is 0 Å². The van der Waals surface area contributed by atoms with E-state index in [2.05, 4.69) is 0 Å². The molecule has 6 aliphatic rings. The number of halogens is 1. The Hall–Kier alpha value is -2.55. The van der Waals surface area contributed by atoms with Gasteiger partial charge in [-0.3, -0.25) is 9.80 Å². The predicted molar refractivity (Wildman–Crippen MR) is 118 cm³/mol. The van der Waals surface area contributed by atoms with Crippen LogP contribution < -0.4 is 9.80 Å². The molecule has 1 aromatic rings. The molecule has 2 amide bonds. The van der Waals surface area contributed by atoms with Gasteiger partial charge in [-0.05, 0) is 69.1 Å². The van der Waals surface area contributed by atoms with Crippen molar-refractivity contribution in [1.29, 1.82) is 0 Å². The second kappa shape index (κ2) is 8.34. The molecule has 0 aromatic heterocycles. The minimum Gasteiger partial charge on any atom is -0.449 e. The fourth-order valence-corrected chi connectivity index (χ4v) is 6.29. The van der Waals surface area contributed by atoms with Crippen LogP contribution in [0.25, 0.3) is 0 Å². The first-order chi connectivity index (χ1) is 16.0. The number of nitrogens with zero attached hydrogens (tertiary/aromatic N) is 3. The van der Waals surface area contributed by atoms with Crippen molar-refractivity contribution in [3.05, 3.63) is 24.0 Å². The number of cyclic esters (lactones) is 1.